The van der Waals surface area contributed by atoms with Gasteiger partial charge in [-0.3, -0.25) is 4.57 Å². The maximum atomic E-state index is 5.46. The third-order valence-electron chi connectivity index (χ3n) is 3.11. The van der Waals surface area contributed by atoms with Crippen LogP contribution in [0.1, 0.15) is 11.1 Å². The summed E-state index contributed by atoms with van der Waals surface area (Å²) in [6.45, 7) is 4.20. The predicted molar refractivity (Wildman–Crippen MR) is 85.6 cm³/mol. The summed E-state index contributed by atoms with van der Waals surface area (Å²) in [6.07, 6.45) is 0. The fourth-order valence-corrected chi connectivity index (χ4v) is 3.07. The first-order chi connectivity index (χ1) is 9.04. The van der Waals surface area contributed by atoms with Crippen LogP contribution in [0.5, 0.6) is 0 Å². The van der Waals surface area contributed by atoms with Crippen molar-refractivity contribution in [2.45, 2.75) is 13.8 Å². The Bertz CT molecular complexity index is 810. The number of aromatic nitrogens is 2. The molecule has 4 heteroatoms. The number of halogens is 1. The summed E-state index contributed by atoms with van der Waals surface area (Å²) in [4.78, 5) is 3.25. The number of fused-ring (bicyclic) bond motifs is 1. The van der Waals surface area contributed by atoms with Crippen molar-refractivity contribution in [2.75, 3.05) is 0 Å². The number of nitrogens with zero attached hydrogens (tertiary/aromatic N) is 1. The zero-order valence-electron chi connectivity index (χ0n) is 10.7. The molecule has 96 valence electrons. The molecule has 0 saturated heterocycles. The molecule has 0 atom stereocenters. The van der Waals surface area contributed by atoms with E-state index in [0.717, 1.165) is 26.0 Å². The highest BCUT2D eigenvalue weighted by Crippen LogP contribution is 2.24. The molecule has 0 bridgehead atoms. The molecule has 3 aromatic rings. The molecule has 0 radical (unpaired) electrons. The SMILES string of the molecule is Cc1cc(C)cc(-n2c(=S)[nH]c3ccc(Br)cc32)c1. The zero-order valence-corrected chi connectivity index (χ0v) is 13.1. The van der Waals surface area contributed by atoms with Gasteiger partial charge in [0, 0.05) is 10.2 Å². The number of imidazole rings is 1. The molecule has 3 rings (SSSR count). The molecule has 1 N–H and O–H groups in total. The van der Waals surface area contributed by atoms with E-state index >= 15 is 0 Å². The highest BCUT2D eigenvalue weighted by Gasteiger charge is 2.07. The van der Waals surface area contributed by atoms with Crippen molar-refractivity contribution in [1.29, 1.82) is 0 Å². The summed E-state index contributed by atoms with van der Waals surface area (Å²) >= 11 is 8.97. The highest BCUT2D eigenvalue weighted by molar-refractivity contribution is 9.10. The molecule has 0 unspecified atom stereocenters. The van der Waals surface area contributed by atoms with E-state index in [1.807, 2.05) is 12.1 Å². The number of aryl methyl sites for hydroxylation is 2. The molecule has 1 heterocycles. The van der Waals surface area contributed by atoms with Gasteiger partial charge in [0.15, 0.2) is 4.77 Å². The molecule has 2 nitrogen and oxygen atoms in total. The van der Waals surface area contributed by atoms with E-state index in [-0.39, 0.29) is 0 Å². The zero-order chi connectivity index (χ0) is 13.6. The summed E-state index contributed by atoms with van der Waals surface area (Å²) in [7, 11) is 0. The summed E-state index contributed by atoms with van der Waals surface area (Å²) in [5, 5.41) is 0. The van der Waals surface area contributed by atoms with E-state index in [4.69, 9.17) is 12.2 Å². The second-order valence-electron chi connectivity index (χ2n) is 4.77. The summed E-state index contributed by atoms with van der Waals surface area (Å²) in [5.41, 5.74) is 5.71. The molecular formula is C15H13BrN2S. The maximum absolute atomic E-state index is 5.46. The molecule has 0 aliphatic heterocycles. The number of hydrogen-bond acceptors (Lipinski definition) is 1. The standard InChI is InChI=1S/C15H13BrN2S/c1-9-5-10(2)7-12(6-9)18-14-8-11(16)3-4-13(14)17-15(18)19/h3-8H,1-2H3,(H,17,19). The van der Waals surface area contributed by atoms with Crippen molar-refractivity contribution in [3.63, 3.8) is 0 Å². The van der Waals surface area contributed by atoms with Crippen molar-refractivity contribution in [3.8, 4) is 5.69 Å². The van der Waals surface area contributed by atoms with E-state index in [9.17, 15) is 0 Å². The molecule has 0 aliphatic rings. The Morgan fingerprint density at radius 1 is 1.05 bits per heavy atom. The van der Waals surface area contributed by atoms with Gasteiger partial charge in [-0.15, -0.1) is 0 Å². The van der Waals surface area contributed by atoms with Crippen molar-refractivity contribution >= 4 is 39.2 Å². The van der Waals surface area contributed by atoms with Crippen molar-refractivity contribution in [3.05, 3.63) is 56.8 Å². The first-order valence-corrected chi connectivity index (χ1v) is 7.24. The Balaban J connectivity index is 2.38. The van der Waals surface area contributed by atoms with E-state index < -0.39 is 0 Å². The van der Waals surface area contributed by atoms with Crippen molar-refractivity contribution in [2.24, 2.45) is 0 Å². The van der Waals surface area contributed by atoms with E-state index in [2.05, 4.69) is 63.6 Å². The molecule has 0 spiro atoms. The van der Waals surface area contributed by atoms with E-state index in [1.165, 1.54) is 11.1 Å². The Kier molecular flexibility index (Phi) is 3.07. The van der Waals surface area contributed by atoms with Gasteiger partial charge in [-0.05, 0) is 67.5 Å². The third-order valence-corrected chi connectivity index (χ3v) is 3.89. The van der Waals surface area contributed by atoms with Gasteiger partial charge in [0.05, 0.1) is 11.0 Å². The molecular weight excluding hydrogens is 320 g/mol. The number of benzene rings is 2. The van der Waals surface area contributed by atoms with Crippen LogP contribution in [0.4, 0.5) is 0 Å². The molecule has 0 aliphatic carbocycles. The minimum atomic E-state index is 0.720. The molecule has 2 aromatic carbocycles. The normalized spacial score (nSPS) is 11.1. The Hall–Kier alpha value is -1.39. The van der Waals surface area contributed by atoms with Crippen LogP contribution >= 0.6 is 28.1 Å². The Morgan fingerprint density at radius 3 is 2.42 bits per heavy atom. The van der Waals surface area contributed by atoms with Gasteiger partial charge in [-0.1, -0.05) is 22.0 Å². The van der Waals surface area contributed by atoms with Crippen LogP contribution in [-0.4, -0.2) is 9.55 Å². The average molecular weight is 333 g/mol. The average Bonchev–Trinajstić information content (AvgIpc) is 2.63. The third kappa shape index (κ3) is 2.26. The van der Waals surface area contributed by atoms with Gasteiger partial charge in [0.2, 0.25) is 0 Å². The monoisotopic (exact) mass is 332 g/mol. The van der Waals surface area contributed by atoms with Crippen LogP contribution in [-0.2, 0) is 0 Å². The van der Waals surface area contributed by atoms with E-state index in [0.29, 0.717) is 0 Å². The number of aromatic amines is 1. The van der Waals surface area contributed by atoms with Crippen LogP contribution < -0.4 is 0 Å². The highest BCUT2D eigenvalue weighted by atomic mass is 79.9. The van der Waals surface area contributed by atoms with Crippen LogP contribution in [0.15, 0.2) is 40.9 Å². The molecule has 0 fully saturated rings. The number of nitrogens with one attached hydrogen (secondary N) is 1. The second kappa shape index (κ2) is 4.62. The summed E-state index contributed by atoms with van der Waals surface area (Å²) < 4.78 is 3.85. The van der Waals surface area contributed by atoms with Crippen LogP contribution in [0, 0.1) is 18.6 Å². The van der Waals surface area contributed by atoms with Crippen LogP contribution in [0.25, 0.3) is 16.7 Å². The quantitative estimate of drug-likeness (QED) is 0.617. The molecule has 1 aromatic heterocycles. The first-order valence-electron chi connectivity index (χ1n) is 6.03. The molecule has 0 saturated carbocycles. The minimum absolute atomic E-state index is 0.720. The summed E-state index contributed by atoms with van der Waals surface area (Å²) in [5.74, 6) is 0. The lowest BCUT2D eigenvalue weighted by molar-refractivity contribution is 1.06. The minimum Gasteiger partial charge on any atom is -0.330 e. The maximum Gasteiger partial charge on any atom is 0.182 e. The first kappa shape index (κ1) is 12.6. The fourth-order valence-electron chi connectivity index (χ4n) is 2.41. The summed E-state index contributed by atoms with van der Waals surface area (Å²) in [6, 6.07) is 12.6. The second-order valence-corrected chi connectivity index (χ2v) is 6.08. The van der Waals surface area contributed by atoms with Crippen LogP contribution in [0.2, 0.25) is 0 Å². The van der Waals surface area contributed by atoms with Gasteiger partial charge in [0.25, 0.3) is 0 Å². The largest absolute Gasteiger partial charge is 0.330 e. The van der Waals surface area contributed by atoms with Crippen molar-refractivity contribution < 1.29 is 0 Å². The lowest BCUT2D eigenvalue weighted by Gasteiger charge is -2.07. The van der Waals surface area contributed by atoms with Crippen molar-refractivity contribution in [1.82, 2.24) is 9.55 Å². The van der Waals surface area contributed by atoms with Crippen LogP contribution in [0.3, 0.4) is 0 Å². The van der Waals surface area contributed by atoms with Gasteiger partial charge in [0.1, 0.15) is 0 Å². The molecule has 19 heavy (non-hydrogen) atoms. The predicted octanol–water partition coefficient (Wildman–Crippen LogP) is 5.07. The lowest BCUT2D eigenvalue weighted by Crippen LogP contribution is -1.95. The Morgan fingerprint density at radius 2 is 1.74 bits per heavy atom. The topological polar surface area (TPSA) is 20.7 Å². The number of hydrogen-bond donors (Lipinski definition) is 1. The lowest BCUT2D eigenvalue weighted by atomic mass is 10.1. The van der Waals surface area contributed by atoms with Gasteiger partial charge < -0.3 is 4.98 Å². The van der Waals surface area contributed by atoms with Gasteiger partial charge >= 0.3 is 0 Å². The smallest absolute Gasteiger partial charge is 0.182 e. The van der Waals surface area contributed by atoms with Gasteiger partial charge in [-0.2, -0.15) is 0 Å². The Labute approximate surface area is 125 Å². The number of H-pyrrole nitrogens is 1. The number of rotatable bonds is 1. The van der Waals surface area contributed by atoms with E-state index in [1.54, 1.807) is 0 Å². The van der Waals surface area contributed by atoms with Gasteiger partial charge in [-0.25, -0.2) is 0 Å². The molecule has 0 amide bonds. The fraction of sp³-hybridized carbons (Fsp3) is 0.133.